The van der Waals surface area contributed by atoms with Gasteiger partial charge in [-0.25, -0.2) is 0 Å². The summed E-state index contributed by atoms with van der Waals surface area (Å²) in [5.41, 5.74) is 5.52. The van der Waals surface area contributed by atoms with E-state index in [9.17, 15) is 0 Å². The van der Waals surface area contributed by atoms with Crippen LogP contribution < -0.4 is 10.2 Å². The van der Waals surface area contributed by atoms with Crippen LogP contribution in [0.3, 0.4) is 0 Å². The third kappa shape index (κ3) is 5.55. The van der Waals surface area contributed by atoms with Gasteiger partial charge >= 0.3 is 0 Å². The zero-order valence-electron chi connectivity index (χ0n) is 14.6. The van der Waals surface area contributed by atoms with E-state index in [1.807, 2.05) is 30.3 Å². The predicted molar refractivity (Wildman–Crippen MR) is 118 cm³/mol. The third-order valence-electron chi connectivity index (χ3n) is 3.91. The highest BCUT2D eigenvalue weighted by Gasteiger charge is 2.05. The molecule has 1 N–H and O–H groups in total. The van der Waals surface area contributed by atoms with E-state index < -0.39 is 0 Å². The molecule has 3 rings (SSSR count). The van der Waals surface area contributed by atoms with Crippen LogP contribution >= 0.6 is 46.4 Å². The molecule has 0 aliphatic heterocycles. The van der Waals surface area contributed by atoms with Crippen molar-refractivity contribution in [3.63, 3.8) is 0 Å². The second-order valence-electron chi connectivity index (χ2n) is 5.87. The van der Waals surface area contributed by atoms with Crippen LogP contribution in [-0.2, 0) is 13.2 Å². The molecule has 7 heteroatoms. The normalized spacial score (nSPS) is 11.0. The SMILES string of the molecule is Clc1ccc(COc2ccccc2/C=N\NCc2c(Cl)cccc2Cl)cc1Cl. The van der Waals surface area contributed by atoms with Crippen LogP contribution in [0.1, 0.15) is 16.7 Å². The summed E-state index contributed by atoms with van der Waals surface area (Å²) in [4.78, 5) is 0. The van der Waals surface area contributed by atoms with Gasteiger partial charge in [0.25, 0.3) is 0 Å². The van der Waals surface area contributed by atoms with Gasteiger partial charge in [0.15, 0.2) is 0 Å². The lowest BCUT2D eigenvalue weighted by Crippen LogP contribution is -2.07. The van der Waals surface area contributed by atoms with Crippen LogP contribution in [0.25, 0.3) is 0 Å². The van der Waals surface area contributed by atoms with Gasteiger partial charge in [-0.2, -0.15) is 5.10 Å². The largest absolute Gasteiger partial charge is 0.488 e. The van der Waals surface area contributed by atoms with Gasteiger partial charge < -0.3 is 10.2 Å². The highest BCUT2D eigenvalue weighted by molar-refractivity contribution is 6.42. The van der Waals surface area contributed by atoms with Gasteiger partial charge in [0.05, 0.1) is 22.8 Å². The van der Waals surface area contributed by atoms with Gasteiger partial charge in [0.2, 0.25) is 0 Å². The Morgan fingerprint density at radius 1 is 0.821 bits per heavy atom. The molecule has 0 fully saturated rings. The minimum atomic E-state index is 0.365. The fourth-order valence-electron chi connectivity index (χ4n) is 2.45. The molecule has 0 aromatic heterocycles. The molecule has 144 valence electrons. The summed E-state index contributed by atoms with van der Waals surface area (Å²) in [5, 5.41) is 6.46. The standard InChI is InChI=1S/C21H16Cl4N2O/c22-17-5-3-6-18(23)16(17)12-27-26-11-15-4-1-2-7-21(15)28-13-14-8-9-19(24)20(25)10-14/h1-11,27H,12-13H2/b26-11-. The molecule has 0 bridgehead atoms. The van der Waals surface area contributed by atoms with Crippen molar-refractivity contribution in [1.82, 2.24) is 5.43 Å². The fraction of sp³-hybridized carbons (Fsp3) is 0.0952. The van der Waals surface area contributed by atoms with Crippen LogP contribution in [-0.4, -0.2) is 6.21 Å². The molecular formula is C21H16Cl4N2O. The Labute approximate surface area is 183 Å². The van der Waals surface area contributed by atoms with Gasteiger partial charge in [0, 0.05) is 21.2 Å². The Hall–Kier alpha value is -1.91. The first-order chi connectivity index (χ1) is 13.5. The molecule has 0 atom stereocenters. The van der Waals surface area contributed by atoms with E-state index in [0.29, 0.717) is 39.0 Å². The third-order valence-corrected chi connectivity index (χ3v) is 5.36. The van der Waals surface area contributed by atoms with Crippen LogP contribution in [0.15, 0.2) is 65.8 Å². The summed E-state index contributed by atoms with van der Waals surface area (Å²) >= 11 is 24.3. The molecule has 3 nitrogen and oxygen atoms in total. The summed E-state index contributed by atoms with van der Waals surface area (Å²) in [6.45, 7) is 0.783. The van der Waals surface area contributed by atoms with Crippen molar-refractivity contribution >= 4 is 52.6 Å². The van der Waals surface area contributed by atoms with Crippen molar-refractivity contribution in [3.05, 3.63) is 97.4 Å². The van der Waals surface area contributed by atoms with Crippen LogP contribution in [0, 0.1) is 0 Å². The first kappa shape index (κ1) is 20.8. The second kappa shape index (κ2) is 10.0. The maximum atomic E-state index is 6.16. The molecule has 3 aromatic rings. The topological polar surface area (TPSA) is 33.6 Å². The molecule has 0 amide bonds. The first-order valence-corrected chi connectivity index (χ1v) is 9.90. The number of hydrazone groups is 1. The molecule has 0 unspecified atom stereocenters. The minimum Gasteiger partial charge on any atom is -0.488 e. The molecule has 0 heterocycles. The van der Waals surface area contributed by atoms with E-state index in [2.05, 4.69) is 10.5 Å². The van der Waals surface area contributed by atoms with E-state index in [1.54, 1.807) is 36.5 Å². The number of nitrogens with one attached hydrogen (secondary N) is 1. The Balaban J connectivity index is 1.63. The van der Waals surface area contributed by atoms with Gasteiger partial charge in [-0.05, 0) is 42.0 Å². The van der Waals surface area contributed by atoms with Gasteiger partial charge in [-0.15, -0.1) is 0 Å². The zero-order valence-corrected chi connectivity index (χ0v) is 17.7. The molecule has 0 spiro atoms. The van der Waals surface area contributed by atoms with Crippen LogP contribution in [0.2, 0.25) is 20.1 Å². The average molecular weight is 454 g/mol. The van der Waals surface area contributed by atoms with E-state index in [1.165, 1.54) is 0 Å². The van der Waals surface area contributed by atoms with Crippen molar-refractivity contribution in [2.75, 3.05) is 0 Å². The summed E-state index contributed by atoms with van der Waals surface area (Å²) in [5.74, 6) is 0.704. The lowest BCUT2D eigenvalue weighted by atomic mass is 10.2. The molecule has 0 aliphatic rings. The number of benzene rings is 3. The number of hydrogen-bond donors (Lipinski definition) is 1. The first-order valence-electron chi connectivity index (χ1n) is 8.39. The number of nitrogens with zero attached hydrogens (tertiary/aromatic N) is 1. The highest BCUT2D eigenvalue weighted by atomic mass is 35.5. The second-order valence-corrected chi connectivity index (χ2v) is 7.50. The summed E-state index contributed by atoms with van der Waals surface area (Å²) in [6.07, 6.45) is 1.69. The van der Waals surface area contributed by atoms with Crippen molar-refractivity contribution in [2.45, 2.75) is 13.2 Å². The monoisotopic (exact) mass is 452 g/mol. The van der Waals surface area contributed by atoms with Gasteiger partial charge in [0.1, 0.15) is 12.4 Å². The van der Waals surface area contributed by atoms with Crippen molar-refractivity contribution in [1.29, 1.82) is 0 Å². The average Bonchev–Trinajstić information content (AvgIpc) is 2.68. The van der Waals surface area contributed by atoms with Crippen LogP contribution in [0.5, 0.6) is 5.75 Å². The lowest BCUT2D eigenvalue weighted by Gasteiger charge is -2.10. The number of hydrogen-bond acceptors (Lipinski definition) is 3. The lowest BCUT2D eigenvalue weighted by molar-refractivity contribution is 0.306. The molecule has 0 aliphatic carbocycles. The molecule has 0 saturated carbocycles. The Morgan fingerprint density at radius 3 is 2.32 bits per heavy atom. The molecule has 0 saturated heterocycles. The maximum absolute atomic E-state index is 6.16. The quantitative estimate of drug-likeness (QED) is 0.308. The number of para-hydroxylation sites is 1. The van der Waals surface area contributed by atoms with E-state index in [4.69, 9.17) is 51.1 Å². The maximum Gasteiger partial charge on any atom is 0.128 e. The van der Waals surface area contributed by atoms with E-state index >= 15 is 0 Å². The Kier molecular flexibility index (Phi) is 7.46. The Morgan fingerprint density at radius 2 is 1.57 bits per heavy atom. The number of rotatable bonds is 7. The van der Waals surface area contributed by atoms with E-state index in [-0.39, 0.29) is 0 Å². The molecule has 28 heavy (non-hydrogen) atoms. The molecule has 0 radical (unpaired) electrons. The number of ether oxygens (including phenoxy) is 1. The van der Waals surface area contributed by atoms with Crippen molar-refractivity contribution in [2.24, 2.45) is 5.10 Å². The summed E-state index contributed by atoms with van der Waals surface area (Å²) in [6, 6.07) is 18.4. The van der Waals surface area contributed by atoms with Gasteiger partial charge in [-0.1, -0.05) is 70.7 Å². The van der Waals surface area contributed by atoms with E-state index in [0.717, 1.165) is 16.7 Å². The predicted octanol–water partition coefficient (Wildman–Crippen LogP) is 7.00. The van der Waals surface area contributed by atoms with Crippen LogP contribution in [0.4, 0.5) is 0 Å². The van der Waals surface area contributed by atoms with Crippen molar-refractivity contribution < 1.29 is 4.74 Å². The summed E-state index contributed by atoms with van der Waals surface area (Å²) in [7, 11) is 0. The number of halogens is 4. The molecular weight excluding hydrogens is 438 g/mol. The zero-order chi connectivity index (χ0) is 19.9. The summed E-state index contributed by atoms with van der Waals surface area (Å²) < 4.78 is 5.91. The van der Waals surface area contributed by atoms with Gasteiger partial charge in [-0.3, -0.25) is 0 Å². The highest BCUT2D eigenvalue weighted by Crippen LogP contribution is 2.25. The smallest absolute Gasteiger partial charge is 0.128 e. The molecule has 3 aromatic carbocycles. The fourth-order valence-corrected chi connectivity index (χ4v) is 3.30. The van der Waals surface area contributed by atoms with Crippen molar-refractivity contribution in [3.8, 4) is 5.75 Å². The minimum absolute atomic E-state index is 0.365. The Bertz CT molecular complexity index is 972.